The zero-order valence-electron chi connectivity index (χ0n) is 19.7. The predicted octanol–water partition coefficient (Wildman–Crippen LogP) is 2.85. The van der Waals surface area contributed by atoms with Gasteiger partial charge in [0, 0.05) is 38.3 Å². The summed E-state index contributed by atoms with van der Waals surface area (Å²) in [6, 6.07) is 9.94. The predicted molar refractivity (Wildman–Crippen MR) is 127 cm³/mol. The Morgan fingerprint density at radius 1 is 0.912 bits per heavy atom. The summed E-state index contributed by atoms with van der Waals surface area (Å²) in [7, 11) is -3.66. The number of rotatable bonds is 6. The molecule has 4 rings (SSSR count). The van der Waals surface area contributed by atoms with E-state index in [-0.39, 0.29) is 49.5 Å². The molecule has 180 valence electrons. The van der Waals surface area contributed by atoms with Crippen molar-refractivity contribution in [3.63, 3.8) is 0 Å². The van der Waals surface area contributed by atoms with Crippen LogP contribution in [0.3, 0.4) is 0 Å². The number of aryl methyl sites for hydroxylation is 2. The summed E-state index contributed by atoms with van der Waals surface area (Å²) >= 11 is 0. The van der Waals surface area contributed by atoms with Crippen LogP contribution in [0.4, 0.5) is 0 Å². The van der Waals surface area contributed by atoms with Gasteiger partial charge in [0.2, 0.25) is 10.0 Å². The van der Waals surface area contributed by atoms with Crippen LogP contribution in [0.1, 0.15) is 62.0 Å². The largest absolute Gasteiger partial charge is 0.336 e. The molecule has 3 amide bonds. The first kappa shape index (κ1) is 24.1. The molecule has 0 bridgehead atoms. The topological polar surface area (TPSA) is 95.1 Å². The molecule has 0 spiro atoms. The maximum absolute atomic E-state index is 13.2. The number of sulfonamides is 1. The van der Waals surface area contributed by atoms with E-state index in [1.807, 2.05) is 19.9 Å². The number of carbonyl (C=O) groups is 3. The molecular weight excluding hydrogens is 454 g/mol. The molecule has 0 radical (unpaired) electrons. The summed E-state index contributed by atoms with van der Waals surface area (Å²) < 4.78 is 27.7. The van der Waals surface area contributed by atoms with Crippen molar-refractivity contribution in [3.8, 4) is 0 Å². The van der Waals surface area contributed by atoms with E-state index in [1.165, 1.54) is 21.3 Å². The fourth-order valence-corrected chi connectivity index (χ4v) is 6.11. The molecule has 34 heavy (non-hydrogen) atoms. The van der Waals surface area contributed by atoms with Crippen molar-refractivity contribution in [2.75, 3.05) is 32.7 Å². The number of amides is 3. The average molecular weight is 484 g/mol. The third kappa shape index (κ3) is 4.25. The highest BCUT2D eigenvalue weighted by Gasteiger charge is 2.36. The quantitative estimate of drug-likeness (QED) is 0.589. The molecule has 1 saturated heterocycles. The summed E-state index contributed by atoms with van der Waals surface area (Å²) in [5, 5.41) is 0. The van der Waals surface area contributed by atoms with Gasteiger partial charge in [0.25, 0.3) is 17.7 Å². The van der Waals surface area contributed by atoms with E-state index in [9.17, 15) is 22.8 Å². The van der Waals surface area contributed by atoms with E-state index in [0.717, 1.165) is 18.4 Å². The number of carbonyl (C=O) groups excluding carboxylic acids is 3. The van der Waals surface area contributed by atoms with Crippen LogP contribution < -0.4 is 0 Å². The Balaban J connectivity index is 1.47. The summed E-state index contributed by atoms with van der Waals surface area (Å²) in [6.45, 7) is 6.85. The lowest BCUT2D eigenvalue weighted by molar-refractivity contribution is 0.0651. The Labute approximate surface area is 200 Å². The van der Waals surface area contributed by atoms with Crippen molar-refractivity contribution in [3.05, 3.63) is 64.2 Å². The molecule has 2 aliphatic rings. The Hall–Kier alpha value is -3.04. The number of fused-ring (bicyclic) bond motifs is 1. The summed E-state index contributed by atoms with van der Waals surface area (Å²) in [4.78, 5) is 41.5. The second-order valence-electron chi connectivity index (χ2n) is 8.84. The zero-order chi connectivity index (χ0) is 24.6. The molecule has 2 aromatic rings. The summed E-state index contributed by atoms with van der Waals surface area (Å²) in [6.07, 6.45) is 1.59. The molecule has 2 aromatic carbocycles. The van der Waals surface area contributed by atoms with Gasteiger partial charge in [0.1, 0.15) is 0 Å². The van der Waals surface area contributed by atoms with Crippen LogP contribution in [0, 0.1) is 13.8 Å². The fraction of sp³-hybridized carbons (Fsp3) is 0.400. The first-order valence-corrected chi connectivity index (χ1v) is 13.0. The van der Waals surface area contributed by atoms with Crippen LogP contribution in [0.2, 0.25) is 0 Å². The van der Waals surface area contributed by atoms with Gasteiger partial charge >= 0.3 is 0 Å². The van der Waals surface area contributed by atoms with Gasteiger partial charge < -0.3 is 4.90 Å². The highest BCUT2D eigenvalue weighted by Crippen LogP contribution is 2.26. The summed E-state index contributed by atoms with van der Waals surface area (Å²) in [5.41, 5.74) is 2.46. The monoisotopic (exact) mass is 483 g/mol. The minimum atomic E-state index is -3.66. The van der Waals surface area contributed by atoms with E-state index in [2.05, 4.69) is 0 Å². The smallest absolute Gasteiger partial charge is 0.261 e. The summed E-state index contributed by atoms with van der Waals surface area (Å²) in [5.74, 6) is -0.968. The van der Waals surface area contributed by atoms with E-state index in [4.69, 9.17) is 0 Å². The number of imide groups is 1. The molecular formula is C25H29N3O5S. The van der Waals surface area contributed by atoms with E-state index < -0.39 is 10.0 Å². The number of piperazine rings is 1. The number of unbranched alkanes of at least 4 members (excludes halogenated alkanes) is 1. The molecule has 0 saturated carbocycles. The van der Waals surface area contributed by atoms with Gasteiger partial charge in [-0.15, -0.1) is 0 Å². The molecule has 0 atom stereocenters. The second-order valence-corrected chi connectivity index (χ2v) is 10.7. The van der Waals surface area contributed by atoms with Crippen LogP contribution in [0.5, 0.6) is 0 Å². The van der Waals surface area contributed by atoms with Crippen LogP contribution in [0.15, 0.2) is 41.3 Å². The van der Waals surface area contributed by atoms with Crippen molar-refractivity contribution in [2.24, 2.45) is 0 Å². The third-order valence-electron chi connectivity index (χ3n) is 6.44. The molecule has 0 aliphatic carbocycles. The lowest BCUT2D eigenvalue weighted by Crippen LogP contribution is -2.50. The average Bonchev–Trinajstić information content (AvgIpc) is 3.07. The molecule has 0 unspecified atom stereocenters. The van der Waals surface area contributed by atoms with Gasteiger partial charge in [0.15, 0.2) is 0 Å². The number of hydrogen-bond donors (Lipinski definition) is 0. The van der Waals surface area contributed by atoms with Crippen molar-refractivity contribution < 1.29 is 22.8 Å². The maximum Gasteiger partial charge on any atom is 0.261 e. The van der Waals surface area contributed by atoms with Gasteiger partial charge in [-0.25, -0.2) is 8.42 Å². The van der Waals surface area contributed by atoms with E-state index >= 15 is 0 Å². The van der Waals surface area contributed by atoms with Gasteiger partial charge in [-0.1, -0.05) is 25.5 Å². The van der Waals surface area contributed by atoms with Crippen LogP contribution in [-0.4, -0.2) is 73.0 Å². The molecule has 2 heterocycles. The lowest BCUT2D eigenvalue weighted by atomic mass is 10.0. The van der Waals surface area contributed by atoms with Crippen molar-refractivity contribution in [2.45, 2.75) is 38.5 Å². The van der Waals surface area contributed by atoms with Gasteiger partial charge in [-0.3, -0.25) is 19.3 Å². The van der Waals surface area contributed by atoms with Crippen molar-refractivity contribution >= 4 is 27.7 Å². The minimum absolute atomic E-state index is 0.189. The van der Waals surface area contributed by atoms with Crippen LogP contribution in [0.25, 0.3) is 0 Å². The highest BCUT2D eigenvalue weighted by atomic mass is 32.2. The highest BCUT2D eigenvalue weighted by molar-refractivity contribution is 7.89. The SMILES string of the molecule is CCCCN1C(=O)c2ccc(C(=O)N3CCN(S(=O)(=O)c4cc(C)ccc4C)CC3)cc2C1=O. The molecule has 8 nitrogen and oxygen atoms in total. The first-order valence-electron chi connectivity index (χ1n) is 11.5. The number of nitrogens with zero attached hydrogens (tertiary/aromatic N) is 3. The molecule has 0 N–H and O–H groups in total. The zero-order valence-corrected chi connectivity index (χ0v) is 20.5. The normalized spacial score (nSPS) is 16.8. The van der Waals surface area contributed by atoms with E-state index in [1.54, 1.807) is 30.0 Å². The molecule has 9 heteroatoms. The van der Waals surface area contributed by atoms with Crippen molar-refractivity contribution in [1.82, 2.24) is 14.1 Å². The lowest BCUT2D eigenvalue weighted by Gasteiger charge is -2.34. The van der Waals surface area contributed by atoms with Gasteiger partial charge in [-0.05, 0) is 55.7 Å². The van der Waals surface area contributed by atoms with Crippen LogP contribution >= 0.6 is 0 Å². The molecule has 0 aromatic heterocycles. The van der Waals surface area contributed by atoms with Gasteiger partial charge in [-0.2, -0.15) is 4.31 Å². The Morgan fingerprint density at radius 2 is 1.59 bits per heavy atom. The Kier molecular flexibility index (Phi) is 6.60. The van der Waals surface area contributed by atoms with Crippen molar-refractivity contribution in [1.29, 1.82) is 0 Å². The molecule has 2 aliphatic heterocycles. The third-order valence-corrected chi connectivity index (χ3v) is 8.48. The second kappa shape index (κ2) is 9.31. The number of hydrogen-bond acceptors (Lipinski definition) is 5. The van der Waals surface area contributed by atoms with Gasteiger partial charge in [0.05, 0.1) is 16.0 Å². The fourth-order valence-electron chi connectivity index (χ4n) is 4.38. The number of benzene rings is 2. The molecule has 1 fully saturated rings. The standard InChI is InChI=1S/C25H29N3O5S/c1-4-5-10-28-24(30)20-9-8-19(16-21(20)25(28)31)23(29)26-11-13-27(14-12-26)34(32,33)22-15-17(2)6-7-18(22)3/h6-9,15-16H,4-5,10-14H2,1-3H3. The van der Waals surface area contributed by atoms with E-state index in [0.29, 0.717) is 28.1 Å². The Morgan fingerprint density at radius 3 is 2.26 bits per heavy atom. The maximum atomic E-state index is 13.2. The Bertz CT molecular complexity index is 1260. The minimum Gasteiger partial charge on any atom is -0.336 e. The van der Waals surface area contributed by atoms with Crippen LogP contribution in [-0.2, 0) is 10.0 Å². The first-order chi connectivity index (χ1) is 16.1.